The Morgan fingerprint density at radius 1 is 1.39 bits per heavy atom. The third kappa shape index (κ3) is 4.22. The number of thiophene rings is 1. The third-order valence-electron chi connectivity index (χ3n) is 5.28. The Morgan fingerprint density at radius 3 is 2.94 bits per heavy atom. The zero-order chi connectivity index (χ0) is 22.1. The molecule has 31 heavy (non-hydrogen) atoms. The van der Waals surface area contributed by atoms with Crippen molar-refractivity contribution in [2.75, 3.05) is 11.1 Å². The van der Waals surface area contributed by atoms with Crippen LogP contribution in [0.15, 0.2) is 28.2 Å². The quantitative estimate of drug-likeness (QED) is 0.245. The Hall–Kier alpha value is -2.72. The highest BCUT2D eigenvalue weighted by Gasteiger charge is 2.23. The number of nitrogens with one attached hydrogen (secondary N) is 1. The Bertz CT molecular complexity index is 1250. The molecule has 0 unspecified atom stereocenters. The van der Waals surface area contributed by atoms with Crippen molar-refractivity contribution in [1.29, 1.82) is 0 Å². The zero-order valence-electron chi connectivity index (χ0n) is 17.3. The van der Waals surface area contributed by atoms with E-state index in [1.54, 1.807) is 28.9 Å². The molecular formula is C21H22N4O4S2. The number of aryl methyl sites for hydroxylation is 3. The van der Waals surface area contributed by atoms with Crippen LogP contribution in [0.2, 0.25) is 0 Å². The second kappa shape index (κ2) is 8.80. The van der Waals surface area contributed by atoms with Crippen LogP contribution in [0.3, 0.4) is 0 Å². The van der Waals surface area contributed by atoms with Crippen LogP contribution < -0.4 is 10.9 Å². The van der Waals surface area contributed by atoms with Crippen molar-refractivity contribution < 1.29 is 9.72 Å². The second-order valence-corrected chi connectivity index (χ2v) is 9.51. The van der Waals surface area contributed by atoms with Gasteiger partial charge in [0.1, 0.15) is 4.83 Å². The van der Waals surface area contributed by atoms with E-state index in [1.165, 1.54) is 28.8 Å². The molecule has 8 nitrogen and oxygen atoms in total. The average molecular weight is 459 g/mol. The number of benzene rings is 1. The van der Waals surface area contributed by atoms with Gasteiger partial charge in [-0.2, -0.15) is 0 Å². The number of thioether (sulfide) groups is 1. The molecular weight excluding hydrogens is 436 g/mol. The van der Waals surface area contributed by atoms with Crippen LogP contribution in [0.1, 0.15) is 35.8 Å². The highest BCUT2D eigenvalue weighted by molar-refractivity contribution is 7.99. The molecule has 10 heteroatoms. The van der Waals surface area contributed by atoms with Gasteiger partial charge < -0.3 is 5.32 Å². The smallest absolute Gasteiger partial charge is 0.271 e. The van der Waals surface area contributed by atoms with Gasteiger partial charge in [-0.05, 0) is 43.7 Å². The van der Waals surface area contributed by atoms with Gasteiger partial charge in [0, 0.05) is 23.6 Å². The van der Waals surface area contributed by atoms with Gasteiger partial charge in [-0.15, -0.1) is 11.3 Å². The molecule has 3 aromatic rings. The molecule has 2 heterocycles. The monoisotopic (exact) mass is 458 g/mol. The van der Waals surface area contributed by atoms with E-state index >= 15 is 0 Å². The summed E-state index contributed by atoms with van der Waals surface area (Å²) in [5, 5.41) is 15.0. The molecule has 0 atom stereocenters. The molecule has 0 fully saturated rings. The Morgan fingerprint density at radius 2 is 2.19 bits per heavy atom. The van der Waals surface area contributed by atoms with Crippen molar-refractivity contribution in [3.8, 4) is 0 Å². The SMILES string of the molecule is CCCn1c(SCC(=O)Nc2cc([N+](=O)[O-])ccc2C)nc2sc3c(c2c1=O)CCC3. The molecule has 0 radical (unpaired) electrons. The molecule has 2 aromatic heterocycles. The van der Waals surface area contributed by atoms with Crippen LogP contribution in [0.5, 0.6) is 0 Å². The number of hydrogen-bond donors (Lipinski definition) is 1. The molecule has 162 valence electrons. The van der Waals surface area contributed by atoms with Gasteiger partial charge in [-0.3, -0.25) is 24.3 Å². The van der Waals surface area contributed by atoms with Crippen molar-refractivity contribution in [2.24, 2.45) is 0 Å². The summed E-state index contributed by atoms with van der Waals surface area (Å²) in [6, 6.07) is 4.36. The summed E-state index contributed by atoms with van der Waals surface area (Å²) in [7, 11) is 0. The maximum atomic E-state index is 13.2. The lowest BCUT2D eigenvalue weighted by molar-refractivity contribution is -0.384. The van der Waals surface area contributed by atoms with Gasteiger partial charge in [-0.25, -0.2) is 4.98 Å². The number of fused-ring (bicyclic) bond motifs is 3. The molecule has 1 aliphatic rings. The number of nitrogens with zero attached hydrogens (tertiary/aromatic N) is 3. The summed E-state index contributed by atoms with van der Waals surface area (Å²) in [4.78, 5) is 43.0. The van der Waals surface area contributed by atoms with Crippen LogP contribution in [0, 0.1) is 17.0 Å². The van der Waals surface area contributed by atoms with Crippen molar-refractivity contribution in [1.82, 2.24) is 9.55 Å². The van der Waals surface area contributed by atoms with E-state index in [1.807, 2.05) is 6.92 Å². The zero-order valence-corrected chi connectivity index (χ0v) is 18.9. The number of anilines is 1. The number of nitro benzene ring substituents is 1. The van der Waals surface area contributed by atoms with Crippen molar-refractivity contribution >= 4 is 50.6 Å². The Kier molecular flexibility index (Phi) is 6.10. The van der Waals surface area contributed by atoms with E-state index in [4.69, 9.17) is 4.98 Å². The topological polar surface area (TPSA) is 107 Å². The van der Waals surface area contributed by atoms with Crippen molar-refractivity contribution in [2.45, 2.75) is 51.2 Å². The number of nitro groups is 1. The number of non-ortho nitro benzene ring substituents is 1. The minimum atomic E-state index is -0.495. The average Bonchev–Trinajstić information content (AvgIpc) is 3.31. The summed E-state index contributed by atoms with van der Waals surface area (Å²) >= 11 is 2.80. The summed E-state index contributed by atoms with van der Waals surface area (Å²) in [5.74, 6) is -0.255. The molecule has 0 saturated heterocycles. The lowest BCUT2D eigenvalue weighted by Crippen LogP contribution is -2.24. The number of hydrogen-bond acceptors (Lipinski definition) is 7. The second-order valence-electron chi connectivity index (χ2n) is 7.48. The fraction of sp³-hybridized carbons (Fsp3) is 0.381. The normalized spacial score (nSPS) is 12.8. The van der Waals surface area contributed by atoms with Gasteiger partial charge >= 0.3 is 0 Å². The maximum Gasteiger partial charge on any atom is 0.271 e. The number of carbonyl (C=O) groups is 1. The lowest BCUT2D eigenvalue weighted by atomic mass is 10.2. The number of amides is 1. The van der Waals surface area contributed by atoms with Crippen LogP contribution in [-0.2, 0) is 24.2 Å². The molecule has 4 rings (SSSR count). The predicted octanol–water partition coefficient (Wildman–Crippen LogP) is 4.30. The first-order valence-corrected chi connectivity index (χ1v) is 11.9. The maximum absolute atomic E-state index is 13.2. The van der Waals surface area contributed by atoms with Crippen LogP contribution in [0.4, 0.5) is 11.4 Å². The first-order valence-electron chi connectivity index (χ1n) is 10.1. The standard InChI is InChI=1S/C21H22N4O4S2/c1-3-9-24-20(27)18-14-5-4-6-16(14)31-19(18)23-21(24)30-11-17(26)22-15-10-13(25(28)29)8-7-12(15)2/h7-8,10H,3-6,9,11H2,1-2H3,(H,22,26). The molecule has 0 spiro atoms. The number of aromatic nitrogens is 2. The largest absolute Gasteiger partial charge is 0.325 e. The fourth-order valence-corrected chi connectivity index (χ4v) is 5.89. The van der Waals surface area contributed by atoms with Gasteiger partial charge in [0.15, 0.2) is 5.16 Å². The summed E-state index contributed by atoms with van der Waals surface area (Å²) in [6.45, 7) is 4.32. The van der Waals surface area contributed by atoms with E-state index in [9.17, 15) is 19.7 Å². The molecule has 0 bridgehead atoms. The molecule has 1 N–H and O–H groups in total. The molecule has 1 aliphatic carbocycles. The van der Waals surface area contributed by atoms with E-state index < -0.39 is 4.92 Å². The summed E-state index contributed by atoms with van der Waals surface area (Å²) < 4.78 is 1.67. The van der Waals surface area contributed by atoms with Crippen LogP contribution in [0.25, 0.3) is 10.2 Å². The van der Waals surface area contributed by atoms with Gasteiger partial charge in [-0.1, -0.05) is 24.8 Å². The highest BCUT2D eigenvalue weighted by atomic mass is 32.2. The molecule has 0 aliphatic heterocycles. The first kappa shape index (κ1) is 21.5. The van der Waals surface area contributed by atoms with E-state index in [-0.39, 0.29) is 22.9 Å². The van der Waals surface area contributed by atoms with E-state index in [2.05, 4.69) is 5.32 Å². The van der Waals surface area contributed by atoms with Gasteiger partial charge in [0.05, 0.1) is 21.7 Å². The minimum Gasteiger partial charge on any atom is -0.325 e. The molecule has 1 amide bonds. The highest BCUT2D eigenvalue weighted by Crippen LogP contribution is 2.35. The Labute approximate surface area is 186 Å². The first-order chi connectivity index (χ1) is 14.9. The third-order valence-corrected chi connectivity index (χ3v) is 7.44. The number of carbonyl (C=O) groups excluding carboxylic acids is 1. The summed E-state index contributed by atoms with van der Waals surface area (Å²) in [5.41, 5.74) is 2.19. The van der Waals surface area contributed by atoms with E-state index in [0.29, 0.717) is 17.4 Å². The predicted molar refractivity (Wildman–Crippen MR) is 123 cm³/mol. The Balaban J connectivity index is 1.57. The van der Waals surface area contributed by atoms with E-state index in [0.717, 1.165) is 47.0 Å². The van der Waals surface area contributed by atoms with Crippen molar-refractivity contribution in [3.05, 3.63) is 54.7 Å². The van der Waals surface area contributed by atoms with Crippen LogP contribution in [-0.4, -0.2) is 26.1 Å². The fourth-order valence-electron chi connectivity index (χ4n) is 3.76. The van der Waals surface area contributed by atoms with Crippen LogP contribution >= 0.6 is 23.1 Å². The molecule has 0 saturated carbocycles. The number of rotatable bonds is 7. The van der Waals surface area contributed by atoms with Crippen molar-refractivity contribution in [3.63, 3.8) is 0 Å². The lowest BCUT2D eigenvalue weighted by Gasteiger charge is -2.12. The summed E-state index contributed by atoms with van der Waals surface area (Å²) in [6.07, 6.45) is 3.79. The molecule has 1 aromatic carbocycles. The van der Waals surface area contributed by atoms with Gasteiger partial charge in [0.25, 0.3) is 11.2 Å². The minimum absolute atomic E-state index is 0.0244. The van der Waals surface area contributed by atoms with Gasteiger partial charge in [0.2, 0.25) is 5.91 Å².